The number of amides is 3. The summed E-state index contributed by atoms with van der Waals surface area (Å²) in [6.45, 7) is 12.1. The molecule has 0 saturated carbocycles. The third-order valence-corrected chi connectivity index (χ3v) is 4.88. The number of alkyl carbamates (subject to hydrolysis) is 1. The van der Waals surface area contributed by atoms with Crippen LogP contribution in [0.25, 0.3) is 0 Å². The van der Waals surface area contributed by atoms with Gasteiger partial charge in [-0.25, -0.2) is 4.79 Å². The van der Waals surface area contributed by atoms with Gasteiger partial charge in [0.05, 0.1) is 6.61 Å². The molecule has 9 heteroatoms. The summed E-state index contributed by atoms with van der Waals surface area (Å²) in [6.07, 6.45) is -0.760. The summed E-state index contributed by atoms with van der Waals surface area (Å²) in [5, 5.41) is 15.1. The third kappa shape index (κ3) is 8.35. The highest BCUT2D eigenvalue weighted by molar-refractivity contribution is 7.80. The fourth-order valence-corrected chi connectivity index (χ4v) is 3.43. The van der Waals surface area contributed by atoms with Crippen LogP contribution in [0.1, 0.15) is 57.4 Å². The quantitative estimate of drug-likeness (QED) is 0.418. The predicted octanol–water partition coefficient (Wildman–Crippen LogP) is 2.51. The van der Waals surface area contributed by atoms with E-state index < -0.39 is 29.7 Å². The molecule has 2 unspecified atom stereocenters. The summed E-state index contributed by atoms with van der Waals surface area (Å²) >= 11 is 4.22. The maximum absolute atomic E-state index is 13.5. The van der Waals surface area contributed by atoms with Gasteiger partial charge < -0.3 is 25.4 Å². The number of hydrogen-bond acceptors (Lipinski definition) is 6. The number of thiol groups is 1. The Morgan fingerprint density at radius 3 is 2.28 bits per heavy atom. The minimum atomic E-state index is -1.04. The molecule has 3 N–H and O–H groups in total. The topological polar surface area (TPSA) is 108 Å². The molecule has 32 heavy (non-hydrogen) atoms. The number of aliphatic hydroxyl groups is 1. The molecule has 0 radical (unpaired) electrons. The van der Waals surface area contributed by atoms with Gasteiger partial charge in [0.25, 0.3) is 0 Å². The van der Waals surface area contributed by atoms with Crippen LogP contribution in [-0.4, -0.2) is 64.5 Å². The van der Waals surface area contributed by atoms with Gasteiger partial charge in [-0.1, -0.05) is 23.8 Å². The fourth-order valence-electron chi connectivity index (χ4n) is 3.18. The predicted molar refractivity (Wildman–Crippen MR) is 128 cm³/mol. The number of aryl methyl sites for hydroxylation is 2. The Morgan fingerprint density at radius 2 is 1.78 bits per heavy atom. The fraction of sp³-hybridized carbons (Fsp3) is 0.609. The monoisotopic (exact) mass is 467 g/mol. The van der Waals surface area contributed by atoms with E-state index in [2.05, 4.69) is 23.3 Å². The molecule has 0 bridgehead atoms. The molecule has 0 saturated heterocycles. The first-order chi connectivity index (χ1) is 14.8. The van der Waals surface area contributed by atoms with Crippen LogP contribution in [0.15, 0.2) is 18.2 Å². The van der Waals surface area contributed by atoms with Crippen molar-refractivity contribution >= 4 is 30.5 Å². The van der Waals surface area contributed by atoms with Crippen LogP contribution < -0.4 is 10.6 Å². The number of ether oxygens (including phenoxy) is 1. The number of carbonyl (C=O) groups is 3. The van der Waals surface area contributed by atoms with Crippen molar-refractivity contribution in [1.29, 1.82) is 0 Å². The van der Waals surface area contributed by atoms with Crippen LogP contribution in [0.2, 0.25) is 0 Å². The van der Waals surface area contributed by atoms with E-state index in [-0.39, 0.29) is 30.9 Å². The molecule has 3 amide bonds. The van der Waals surface area contributed by atoms with E-state index in [1.165, 1.54) is 4.90 Å². The molecule has 0 fully saturated rings. The zero-order valence-electron chi connectivity index (χ0n) is 20.1. The third-order valence-electron chi connectivity index (χ3n) is 4.52. The summed E-state index contributed by atoms with van der Waals surface area (Å²) in [6, 6.07) is 3.49. The normalized spacial score (nSPS) is 13.3. The van der Waals surface area contributed by atoms with Crippen LogP contribution in [0.4, 0.5) is 4.79 Å². The summed E-state index contributed by atoms with van der Waals surface area (Å²) in [7, 11) is 0. The molecule has 180 valence electrons. The molecule has 0 spiro atoms. The Morgan fingerprint density at radius 1 is 1.16 bits per heavy atom. The average molecular weight is 468 g/mol. The molecule has 0 aliphatic carbocycles. The first kappa shape index (κ1) is 27.8. The summed E-state index contributed by atoms with van der Waals surface area (Å²) < 4.78 is 5.26. The lowest BCUT2D eigenvalue weighted by Gasteiger charge is -2.35. The lowest BCUT2D eigenvalue weighted by molar-refractivity contribution is -0.142. The molecule has 0 aliphatic rings. The molecule has 1 rings (SSSR count). The molecular formula is C23H37N3O5S. The number of benzene rings is 1. The standard InChI is InChI=1S/C23H37N3O5S/c1-14(2)24-20(28)19(17-12-15(3)8-9-16(17)4)26(10-11-27)21(29)18(13-32)25-22(30)31-23(5,6)7/h8-9,12,14,18-19,27,32H,10-11,13H2,1-7H3,(H,24,28)(H,25,30). The van der Waals surface area contributed by atoms with Gasteiger partial charge in [0.1, 0.15) is 17.7 Å². The van der Waals surface area contributed by atoms with Crippen molar-refractivity contribution in [3.63, 3.8) is 0 Å². The van der Waals surface area contributed by atoms with Crippen LogP contribution in [0.5, 0.6) is 0 Å². The Labute approximate surface area is 196 Å². The van der Waals surface area contributed by atoms with Crippen molar-refractivity contribution in [3.8, 4) is 0 Å². The van der Waals surface area contributed by atoms with Gasteiger partial charge in [0.15, 0.2) is 0 Å². The number of nitrogens with zero attached hydrogens (tertiary/aromatic N) is 1. The molecule has 2 atom stereocenters. The van der Waals surface area contributed by atoms with E-state index in [4.69, 9.17) is 4.74 Å². The number of rotatable bonds is 9. The van der Waals surface area contributed by atoms with Crippen molar-refractivity contribution in [2.24, 2.45) is 0 Å². The Hall–Kier alpha value is -2.26. The average Bonchev–Trinajstić information content (AvgIpc) is 2.65. The van der Waals surface area contributed by atoms with Crippen LogP contribution in [0, 0.1) is 13.8 Å². The SMILES string of the molecule is Cc1ccc(C)c(C(C(=O)NC(C)C)N(CCO)C(=O)C(CS)NC(=O)OC(C)(C)C)c1. The van der Waals surface area contributed by atoms with E-state index in [1.54, 1.807) is 20.8 Å². The maximum atomic E-state index is 13.5. The number of aliphatic hydroxyl groups excluding tert-OH is 1. The Balaban J connectivity index is 3.39. The lowest BCUT2D eigenvalue weighted by Crippen LogP contribution is -2.55. The summed E-state index contributed by atoms with van der Waals surface area (Å²) in [5.41, 5.74) is 1.68. The molecule has 1 aromatic rings. The highest BCUT2D eigenvalue weighted by atomic mass is 32.1. The largest absolute Gasteiger partial charge is 0.444 e. The second-order valence-corrected chi connectivity index (χ2v) is 9.43. The number of nitrogens with one attached hydrogen (secondary N) is 2. The van der Waals surface area contributed by atoms with Crippen molar-refractivity contribution in [2.45, 2.75) is 72.2 Å². The van der Waals surface area contributed by atoms with E-state index in [1.807, 2.05) is 45.9 Å². The smallest absolute Gasteiger partial charge is 0.408 e. The minimum Gasteiger partial charge on any atom is -0.444 e. The van der Waals surface area contributed by atoms with E-state index >= 15 is 0 Å². The Kier molecular flexibility index (Phi) is 10.5. The molecular weight excluding hydrogens is 430 g/mol. The van der Waals surface area contributed by atoms with E-state index in [9.17, 15) is 19.5 Å². The van der Waals surface area contributed by atoms with Gasteiger partial charge in [-0.2, -0.15) is 12.6 Å². The molecule has 1 aromatic carbocycles. The van der Waals surface area contributed by atoms with Gasteiger partial charge in [-0.3, -0.25) is 9.59 Å². The van der Waals surface area contributed by atoms with Crippen LogP contribution >= 0.6 is 12.6 Å². The first-order valence-corrected chi connectivity index (χ1v) is 11.3. The van der Waals surface area contributed by atoms with E-state index in [0.29, 0.717) is 5.56 Å². The second-order valence-electron chi connectivity index (χ2n) is 9.06. The van der Waals surface area contributed by atoms with Crippen molar-refractivity contribution < 1.29 is 24.2 Å². The molecule has 0 heterocycles. The summed E-state index contributed by atoms with van der Waals surface area (Å²) in [5.74, 6) is -0.916. The van der Waals surface area contributed by atoms with Crippen molar-refractivity contribution in [3.05, 3.63) is 34.9 Å². The maximum Gasteiger partial charge on any atom is 0.408 e. The second kappa shape index (κ2) is 12.1. The Bertz CT molecular complexity index is 807. The van der Waals surface area contributed by atoms with Crippen molar-refractivity contribution in [1.82, 2.24) is 15.5 Å². The van der Waals surface area contributed by atoms with Gasteiger partial charge in [-0.05, 0) is 59.6 Å². The number of carbonyl (C=O) groups excluding carboxylic acids is 3. The summed E-state index contributed by atoms with van der Waals surface area (Å²) in [4.78, 5) is 40.3. The highest BCUT2D eigenvalue weighted by Gasteiger charge is 2.36. The minimum absolute atomic E-state index is 0.00861. The first-order valence-electron chi connectivity index (χ1n) is 10.7. The zero-order valence-corrected chi connectivity index (χ0v) is 21.0. The number of hydrogen-bond donors (Lipinski definition) is 4. The molecule has 0 aliphatic heterocycles. The van der Waals surface area contributed by atoms with Gasteiger partial charge >= 0.3 is 6.09 Å². The van der Waals surface area contributed by atoms with Gasteiger partial charge in [0, 0.05) is 18.3 Å². The highest BCUT2D eigenvalue weighted by Crippen LogP contribution is 2.27. The zero-order chi connectivity index (χ0) is 24.6. The van der Waals surface area contributed by atoms with Gasteiger partial charge in [0.2, 0.25) is 11.8 Å². The lowest BCUT2D eigenvalue weighted by atomic mass is 9.96. The molecule has 0 aromatic heterocycles. The van der Waals surface area contributed by atoms with Crippen LogP contribution in [0.3, 0.4) is 0 Å². The van der Waals surface area contributed by atoms with Crippen LogP contribution in [-0.2, 0) is 14.3 Å². The van der Waals surface area contributed by atoms with Gasteiger partial charge in [-0.15, -0.1) is 0 Å². The van der Waals surface area contributed by atoms with E-state index in [0.717, 1.165) is 11.1 Å². The van der Waals surface area contributed by atoms with Crippen molar-refractivity contribution in [2.75, 3.05) is 18.9 Å². The molecule has 8 nitrogen and oxygen atoms in total.